The number of methoxy groups -OCH3 is 3. The highest BCUT2D eigenvalue weighted by Gasteiger charge is 2.13. The molecule has 7 heteroatoms. The summed E-state index contributed by atoms with van der Waals surface area (Å²) in [5.74, 6) is 0.601. The molecule has 0 fully saturated rings. The number of anilines is 1. The number of carbonyl (C=O) groups is 1. The lowest BCUT2D eigenvalue weighted by molar-refractivity contribution is 0.251. The molecule has 2 aromatic rings. The van der Waals surface area contributed by atoms with Crippen molar-refractivity contribution in [2.75, 3.05) is 26.6 Å². The Morgan fingerprint density at radius 2 is 1.62 bits per heavy atom. The number of amides is 2. The predicted octanol–water partition coefficient (Wildman–Crippen LogP) is 3.17. The average Bonchev–Trinajstić information content (AvgIpc) is 2.61. The van der Waals surface area contributed by atoms with Gasteiger partial charge in [-0.25, -0.2) is 9.18 Å². The molecule has 0 radical (unpaired) electrons. The van der Waals surface area contributed by atoms with Crippen LogP contribution in [0.25, 0.3) is 0 Å². The van der Waals surface area contributed by atoms with Gasteiger partial charge in [0.2, 0.25) is 0 Å². The molecule has 6 nitrogen and oxygen atoms in total. The standard InChI is InChI=1S/C17H19FN2O4/c1-22-14-7-5-4-6-11(14)10-19-17(21)20-13-9-16(24-3)15(23-2)8-12(13)18/h4-9H,10H2,1-3H3,(H2,19,20,21). The molecule has 0 heterocycles. The zero-order valence-electron chi connectivity index (χ0n) is 13.7. The average molecular weight is 334 g/mol. The lowest BCUT2D eigenvalue weighted by Crippen LogP contribution is -2.28. The molecular formula is C17H19FN2O4. The summed E-state index contributed by atoms with van der Waals surface area (Å²) in [6.07, 6.45) is 0. The molecule has 2 N–H and O–H groups in total. The van der Waals surface area contributed by atoms with Gasteiger partial charge in [-0.15, -0.1) is 0 Å². The fourth-order valence-electron chi connectivity index (χ4n) is 2.14. The quantitative estimate of drug-likeness (QED) is 0.851. The van der Waals surface area contributed by atoms with E-state index in [2.05, 4.69) is 10.6 Å². The highest BCUT2D eigenvalue weighted by atomic mass is 19.1. The van der Waals surface area contributed by atoms with Gasteiger partial charge in [0.25, 0.3) is 0 Å². The zero-order chi connectivity index (χ0) is 17.5. The Morgan fingerprint density at radius 1 is 1.00 bits per heavy atom. The topological polar surface area (TPSA) is 68.8 Å². The molecule has 128 valence electrons. The summed E-state index contributed by atoms with van der Waals surface area (Å²) < 4.78 is 29.3. The highest BCUT2D eigenvalue weighted by molar-refractivity contribution is 5.89. The molecule has 0 spiro atoms. The smallest absolute Gasteiger partial charge is 0.319 e. The van der Waals surface area contributed by atoms with Crippen LogP contribution in [0.5, 0.6) is 17.2 Å². The van der Waals surface area contributed by atoms with E-state index in [4.69, 9.17) is 14.2 Å². The van der Waals surface area contributed by atoms with Crippen LogP contribution in [0, 0.1) is 5.82 Å². The van der Waals surface area contributed by atoms with Gasteiger partial charge in [0.05, 0.1) is 27.0 Å². The number of halogens is 1. The lowest BCUT2D eigenvalue weighted by Gasteiger charge is -2.13. The number of rotatable bonds is 6. The summed E-state index contributed by atoms with van der Waals surface area (Å²) in [4.78, 5) is 12.0. The molecule has 0 saturated carbocycles. The molecular weight excluding hydrogens is 315 g/mol. The number of carbonyl (C=O) groups excluding carboxylic acids is 1. The first kappa shape index (κ1) is 17.4. The molecule has 2 rings (SSSR count). The van der Waals surface area contributed by atoms with Gasteiger partial charge < -0.3 is 24.8 Å². The Morgan fingerprint density at radius 3 is 2.29 bits per heavy atom. The number of para-hydroxylation sites is 1. The molecule has 0 unspecified atom stereocenters. The maximum Gasteiger partial charge on any atom is 0.319 e. The molecule has 0 aliphatic heterocycles. The second-order valence-corrected chi connectivity index (χ2v) is 4.81. The normalized spacial score (nSPS) is 10.0. The molecule has 0 saturated heterocycles. The fraction of sp³-hybridized carbons (Fsp3) is 0.235. The largest absolute Gasteiger partial charge is 0.496 e. The Kier molecular flexibility index (Phi) is 5.83. The van der Waals surface area contributed by atoms with E-state index < -0.39 is 11.8 Å². The van der Waals surface area contributed by atoms with Crippen molar-refractivity contribution < 1.29 is 23.4 Å². The van der Waals surface area contributed by atoms with E-state index in [9.17, 15) is 9.18 Å². The van der Waals surface area contributed by atoms with E-state index in [-0.39, 0.29) is 18.0 Å². The highest BCUT2D eigenvalue weighted by Crippen LogP contribution is 2.32. The molecule has 2 aromatic carbocycles. The van der Waals surface area contributed by atoms with E-state index in [1.807, 2.05) is 18.2 Å². The van der Waals surface area contributed by atoms with E-state index in [0.29, 0.717) is 11.5 Å². The maximum atomic E-state index is 14.0. The third-order valence-electron chi connectivity index (χ3n) is 3.35. The SMILES string of the molecule is COc1ccccc1CNC(=O)Nc1cc(OC)c(OC)cc1F. The number of hydrogen-bond donors (Lipinski definition) is 2. The van der Waals surface area contributed by atoms with Crippen LogP contribution in [0.1, 0.15) is 5.56 Å². The number of ether oxygens (including phenoxy) is 3. The summed E-state index contributed by atoms with van der Waals surface area (Å²) in [5, 5.41) is 5.09. The zero-order valence-corrected chi connectivity index (χ0v) is 13.7. The minimum atomic E-state index is -0.625. The fourth-order valence-corrected chi connectivity index (χ4v) is 2.14. The van der Waals surface area contributed by atoms with E-state index >= 15 is 0 Å². The van der Waals surface area contributed by atoms with Crippen LogP contribution in [0.4, 0.5) is 14.9 Å². The summed E-state index contributed by atoms with van der Waals surface area (Å²) in [6.45, 7) is 0.241. The van der Waals surface area contributed by atoms with Crippen LogP contribution >= 0.6 is 0 Å². The van der Waals surface area contributed by atoms with Crippen LogP contribution in [-0.4, -0.2) is 27.4 Å². The van der Waals surface area contributed by atoms with E-state index in [0.717, 1.165) is 11.6 Å². The van der Waals surface area contributed by atoms with Crippen LogP contribution in [-0.2, 0) is 6.54 Å². The van der Waals surface area contributed by atoms with Gasteiger partial charge in [-0.1, -0.05) is 18.2 Å². The van der Waals surface area contributed by atoms with Gasteiger partial charge in [0, 0.05) is 24.2 Å². The van der Waals surface area contributed by atoms with Crippen molar-refractivity contribution in [1.29, 1.82) is 0 Å². The minimum Gasteiger partial charge on any atom is -0.496 e. The molecule has 0 atom stereocenters. The first-order valence-corrected chi connectivity index (χ1v) is 7.17. The molecule has 24 heavy (non-hydrogen) atoms. The first-order valence-electron chi connectivity index (χ1n) is 7.17. The molecule has 0 aliphatic carbocycles. The van der Waals surface area contributed by atoms with Crippen molar-refractivity contribution >= 4 is 11.7 Å². The van der Waals surface area contributed by atoms with E-state index in [1.54, 1.807) is 13.2 Å². The van der Waals surface area contributed by atoms with Crippen molar-refractivity contribution in [1.82, 2.24) is 5.32 Å². The Hall–Kier alpha value is -2.96. The molecule has 0 aliphatic rings. The molecule has 0 bridgehead atoms. The van der Waals surface area contributed by atoms with Crippen molar-refractivity contribution in [3.05, 3.63) is 47.8 Å². The monoisotopic (exact) mass is 334 g/mol. The van der Waals surface area contributed by atoms with Gasteiger partial charge in [-0.2, -0.15) is 0 Å². The summed E-state index contributed by atoms with van der Waals surface area (Å²) >= 11 is 0. The third kappa shape index (κ3) is 4.07. The first-order chi connectivity index (χ1) is 11.6. The maximum absolute atomic E-state index is 14.0. The Bertz CT molecular complexity index is 722. The van der Waals surface area contributed by atoms with Crippen molar-refractivity contribution in [2.45, 2.75) is 6.54 Å². The minimum absolute atomic E-state index is 0.00910. The Labute approximate surface area is 139 Å². The van der Waals surface area contributed by atoms with Gasteiger partial charge in [0.1, 0.15) is 5.75 Å². The second-order valence-electron chi connectivity index (χ2n) is 4.81. The second kappa shape index (κ2) is 8.05. The van der Waals surface area contributed by atoms with Crippen LogP contribution < -0.4 is 24.8 Å². The summed E-state index contributed by atoms with van der Waals surface area (Å²) in [6, 6.07) is 9.25. The van der Waals surface area contributed by atoms with Crippen LogP contribution in [0.2, 0.25) is 0 Å². The summed E-state index contributed by atoms with van der Waals surface area (Å²) in [5.41, 5.74) is 0.799. The molecule has 2 amide bonds. The van der Waals surface area contributed by atoms with Gasteiger partial charge >= 0.3 is 6.03 Å². The molecule has 0 aromatic heterocycles. The number of hydrogen-bond acceptors (Lipinski definition) is 4. The van der Waals surface area contributed by atoms with Crippen LogP contribution in [0.15, 0.2) is 36.4 Å². The van der Waals surface area contributed by atoms with Gasteiger partial charge in [0.15, 0.2) is 17.3 Å². The number of nitrogens with one attached hydrogen (secondary N) is 2. The van der Waals surface area contributed by atoms with Crippen molar-refractivity contribution in [3.8, 4) is 17.2 Å². The van der Waals surface area contributed by atoms with Crippen LogP contribution in [0.3, 0.4) is 0 Å². The predicted molar refractivity (Wildman–Crippen MR) is 88.4 cm³/mol. The van der Waals surface area contributed by atoms with Gasteiger partial charge in [-0.3, -0.25) is 0 Å². The Balaban J connectivity index is 2.04. The number of benzene rings is 2. The van der Waals surface area contributed by atoms with E-state index in [1.165, 1.54) is 20.3 Å². The number of urea groups is 1. The van der Waals surface area contributed by atoms with Crippen molar-refractivity contribution in [2.24, 2.45) is 0 Å². The van der Waals surface area contributed by atoms with Gasteiger partial charge in [-0.05, 0) is 6.07 Å². The lowest BCUT2D eigenvalue weighted by atomic mass is 10.2. The third-order valence-corrected chi connectivity index (χ3v) is 3.35. The van der Waals surface area contributed by atoms with Crippen molar-refractivity contribution in [3.63, 3.8) is 0 Å². The summed E-state index contributed by atoms with van der Waals surface area (Å²) in [7, 11) is 4.39.